The van der Waals surface area contributed by atoms with Crippen LogP contribution in [0.5, 0.6) is 11.6 Å². The van der Waals surface area contributed by atoms with Crippen molar-refractivity contribution < 1.29 is 14.3 Å². The average Bonchev–Trinajstić information content (AvgIpc) is 3.23. The number of carbonyl (C=O) groups excluding carboxylic acids is 1. The van der Waals surface area contributed by atoms with Crippen molar-refractivity contribution in [2.75, 3.05) is 7.11 Å². The average molecular weight is 385 g/mol. The van der Waals surface area contributed by atoms with Gasteiger partial charge >= 0.3 is 0 Å². The van der Waals surface area contributed by atoms with E-state index < -0.39 is 0 Å². The quantitative estimate of drug-likeness (QED) is 0.443. The van der Waals surface area contributed by atoms with Gasteiger partial charge < -0.3 is 9.47 Å². The highest BCUT2D eigenvalue weighted by Gasteiger charge is 2.12. The van der Waals surface area contributed by atoms with Gasteiger partial charge in [0.25, 0.3) is 0 Å². The molecule has 0 saturated heterocycles. The van der Waals surface area contributed by atoms with Gasteiger partial charge in [-0.25, -0.2) is 9.97 Å². The number of benzene rings is 2. The van der Waals surface area contributed by atoms with Crippen molar-refractivity contribution in [3.05, 3.63) is 90.4 Å². The van der Waals surface area contributed by atoms with Gasteiger partial charge in [0.15, 0.2) is 6.29 Å². The van der Waals surface area contributed by atoms with E-state index in [0.29, 0.717) is 24.0 Å². The van der Waals surface area contributed by atoms with Crippen LogP contribution in [-0.4, -0.2) is 27.9 Å². The number of nitrogens with zero attached hydrogens (tertiary/aromatic N) is 3. The monoisotopic (exact) mass is 385 g/mol. The molecule has 2 aromatic heterocycles. The summed E-state index contributed by atoms with van der Waals surface area (Å²) in [5.74, 6) is 1.91. The molecule has 144 valence electrons. The zero-order chi connectivity index (χ0) is 20.1. The van der Waals surface area contributed by atoms with Gasteiger partial charge in [0.2, 0.25) is 5.88 Å². The number of carbonyl (C=O) groups is 1. The minimum Gasteiger partial charge on any atom is -0.489 e. The molecule has 2 aromatic carbocycles. The molecule has 0 bridgehead atoms. The molecular weight excluding hydrogens is 366 g/mol. The fourth-order valence-corrected chi connectivity index (χ4v) is 2.93. The topological polar surface area (TPSA) is 66.2 Å². The lowest BCUT2D eigenvalue weighted by Gasteiger charge is -2.10. The van der Waals surface area contributed by atoms with Gasteiger partial charge in [-0.15, -0.1) is 0 Å². The zero-order valence-corrected chi connectivity index (χ0v) is 15.9. The Bertz CT molecular complexity index is 1090. The molecule has 6 heteroatoms. The third-order valence-corrected chi connectivity index (χ3v) is 4.41. The Hall–Kier alpha value is -3.93. The van der Waals surface area contributed by atoms with E-state index in [1.165, 1.54) is 0 Å². The highest BCUT2D eigenvalue weighted by molar-refractivity contribution is 5.74. The fraction of sp³-hybridized carbons (Fsp3) is 0.0870. The Morgan fingerprint density at radius 2 is 1.79 bits per heavy atom. The van der Waals surface area contributed by atoms with Gasteiger partial charge in [0.1, 0.15) is 23.9 Å². The second kappa shape index (κ2) is 8.39. The van der Waals surface area contributed by atoms with Crippen molar-refractivity contribution in [3.63, 3.8) is 0 Å². The molecule has 0 aliphatic rings. The number of aromatic nitrogens is 3. The third kappa shape index (κ3) is 4.16. The summed E-state index contributed by atoms with van der Waals surface area (Å²) >= 11 is 0. The number of pyridine rings is 1. The molecule has 29 heavy (non-hydrogen) atoms. The van der Waals surface area contributed by atoms with Crippen LogP contribution >= 0.6 is 0 Å². The second-order valence-electron chi connectivity index (χ2n) is 6.33. The van der Waals surface area contributed by atoms with Crippen LogP contribution in [0.15, 0.2) is 79.1 Å². The van der Waals surface area contributed by atoms with Crippen molar-refractivity contribution in [2.24, 2.45) is 0 Å². The lowest BCUT2D eigenvalue weighted by molar-refractivity contribution is 0.111. The van der Waals surface area contributed by atoms with Gasteiger partial charge in [-0.05, 0) is 35.9 Å². The van der Waals surface area contributed by atoms with Crippen LogP contribution in [-0.2, 0) is 6.61 Å². The standard InChI is InChI=1S/C23H19N3O3/c1-28-22-12-7-18(13-24-22)23-25-19(15-27)14-26(23)20-8-10-21(11-9-20)29-16-17-5-3-2-4-6-17/h2-15H,16H2,1H3. The number of hydrogen-bond donors (Lipinski definition) is 0. The van der Waals surface area contributed by atoms with Gasteiger partial charge in [-0.2, -0.15) is 0 Å². The summed E-state index contributed by atoms with van der Waals surface area (Å²) < 4.78 is 12.8. The van der Waals surface area contributed by atoms with Gasteiger partial charge in [0, 0.05) is 29.7 Å². The summed E-state index contributed by atoms with van der Waals surface area (Å²) in [6.45, 7) is 0.503. The van der Waals surface area contributed by atoms with Crippen molar-refractivity contribution in [3.8, 4) is 28.7 Å². The summed E-state index contributed by atoms with van der Waals surface area (Å²) in [5.41, 5.74) is 3.10. The van der Waals surface area contributed by atoms with E-state index in [1.807, 2.05) is 65.2 Å². The lowest BCUT2D eigenvalue weighted by atomic mass is 10.2. The van der Waals surface area contributed by atoms with Crippen LogP contribution < -0.4 is 9.47 Å². The van der Waals surface area contributed by atoms with Crippen molar-refractivity contribution in [2.45, 2.75) is 6.61 Å². The third-order valence-electron chi connectivity index (χ3n) is 4.41. The van der Waals surface area contributed by atoms with Crippen LogP contribution in [0, 0.1) is 0 Å². The van der Waals surface area contributed by atoms with E-state index in [2.05, 4.69) is 9.97 Å². The Labute approximate surface area is 168 Å². The largest absolute Gasteiger partial charge is 0.489 e. The van der Waals surface area contributed by atoms with Crippen LogP contribution in [0.3, 0.4) is 0 Å². The molecule has 0 atom stereocenters. The molecule has 0 saturated carbocycles. The predicted octanol–water partition coefficient (Wildman–Crippen LogP) is 4.33. The smallest absolute Gasteiger partial charge is 0.212 e. The van der Waals surface area contributed by atoms with Crippen molar-refractivity contribution >= 4 is 6.29 Å². The molecule has 0 N–H and O–H groups in total. The summed E-state index contributed by atoms with van der Waals surface area (Å²) in [6, 6.07) is 21.3. The minimum atomic E-state index is 0.347. The zero-order valence-electron chi connectivity index (χ0n) is 15.9. The molecule has 4 aromatic rings. The normalized spacial score (nSPS) is 10.5. The Morgan fingerprint density at radius 3 is 2.45 bits per heavy atom. The predicted molar refractivity (Wildman–Crippen MR) is 110 cm³/mol. The second-order valence-corrected chi connectivity index (χ2v) is 6.33. The lowest BCUT2D eigenvalue weighted by Crippen LogP contribution is -1.98. The Kier molecular flexibility index (Phi) is 5.33. The SMILES string of the molecule is COc1ccc(-c2nc(C=O)cn2-c2ccc(OCc3ccccc3)cc2)cn1. The molecule has 2 heterocycles. The molecule has 0 spiro atoms. The molecular formula is C23H19N3O3. The van der Waals surface area contributed by atoms with E-state index in [-0.39, 0.29) is 0 Å². The van der Waals surface area contributed by atoms with E-state index in [9.17, 15) is 4.79 Å². The molecule has 0 unspecified atom stereocenters. The first-order chi connectivity index (χ1) is 14.3. The fourth-order valence-electron chi connectivity index (χ4n) is 2.93. The van der Waals surface area contributed by atoms with Crippen LogP contribution in [0.25, 0.3) is 17.1 Å². The summed E-state index contributed by atoms with van der Waals surface area (Å²) in [4.78, 5) is 19.9. The maximum atomic E-state index is 11.3. The van der Waals surface area contributed by atoms with Gasteiger partial charge in [-0.1, -0.05) is 30.3 Å². The number of imidazole rings is 1. The number of ether oxygens (including phenoxy) is 2. The van der Waals surface area contributed by atoms with E-state index in [4.69, 9.17) is 9.47 Å². The first kappa shape index (κ1) is 18.4. The van der Waals surface area contributed by atoms with Crippen LogP contribution in [0.4, 0.5) is 0 Å². The summed E-state index contributed by atoms with van der Waals surface area (Å²) in [7, 11) is 1.56. The first-order valence-electron chi connectivity index (χ1n) is 9.09. The maximum Gasteiger partial charge on any atom is 0.212 e. The molecule has 0 amide bonds. The molecule has 4 rings (SSSR count). The number of aldehydes is 1. The Balaban J connectivity index is 1.58. The molecule has 0 radical (unpaired) electrons. The van der Waals surface area contributed by atoms with Crippen molar-refractivity contribution in [1.29, 1.82) is 0 Å². The number of methoxy groups -OCH3 is 1. The first-order valence-corrected chi connectivity index (χ1v) is 9.09. The van der Waals surface area contributed by atoms with Crippen LogP contribution in [0.2, 0.25) is 0 Å². The highest BCUT2D eigenvalue weighted by atomic mass is 16.5. The number of rotatable bonds is 7. The number of hydrogen-bond acceptors (Lipinski definition) is 5. The summed E-state index contributed by atoms with van der Waals surface area (Å²) in [6.07, 6.45) is 4.10. The van der Waals surface area contributed by atoms with Gasteiger partial charge in [-0.3, -0.25) is 9.36 Å². The van der Waals surface area contributed by atoms with Gasteiger partial charge in [0.05, 0.1) is 7.11 Å². The van der Waals surface area contributed by atoms with E-state index >= 15 is 0 Å². The molecule has 0 fully saturated rings. The maximum absolute atomic E-state index is 11.3. The minimum absolute atomic E-state index is 0.347. The Morgan fingerprint density at radius 1 is 1.00 bits per heavy atom. The van der Waals surface area contributed by atoms with Crippen molar-refractivity contribution in [1.82, 2.24) is 14.5 Å². The molecule has 0 aliphatic heterocycles. The highest BCUT2D eigenvalue weighted by Crippen LogP contribution is 2.25. The summed E-state index contributed by atoms with van der Waals surface area (Å²) in [5, 5.41) is 0. The van der Waals surface area contributed by atoms with E-state index in [0.717, 1.165) is 28.8 Å². The molecule has 6 nitrogen and oxygen atoms in total. The molecule has 0 aliphatic carbocycles. The van der Waals surface area contributed by atoms with E-state index in [1.54, 1.807) is 25.6 Å². The van der Waals surface area contributed by atoms with Crippen LogP contribution in [0.1, 0.15) is 16.1 Å².